The van der Waals surface area contributed by atoms with E-state index in [2.05, 4.69) is 55.5 Å². The van der Waals surface area contributed by atoms with Crippen LogP contribution in [0.2, 0.25) is 0 Å². The minimum absolute atomic E-state index is 0.226. The molecule has 116 valence electrons. The Morgan fingerprint density at radius 3 is 1.43 bits per heavy atom. The Balaban J connectivity index is 1.72. The molecule has 0 spiro atoms. The molecule has 0 aromatic heterocycles. The first-order chi connectivity index (χ1) is 11.2. The predicted molar refractivity (Wildman–Crippen MR) is 106 cm³/mol. The average molecular weight is 430 g/mol. The molecule has 23 heavy (non-hydrogen) atoms. The smallest absolute Gasteiger partial charge is 0.0758 e. The second kappa shape index (κ2) is 10.3. The van der Waals surface area contributed by atoms with Gasteiger partial charge in [0.2, 0.25) is 0 Å². The summed E-state index contributed by atoms with van der Waals surface area (Å²) in [6.07, 6.45) is 3.13. The molecule has 0 aliphatic carbocycles. The Bertz CT molecular complexity index is 636. The van der Waals surface area contributed by atoms with Crippen LogP contribution in [-0.4, -0.2) is 9.65 Å². The van der Waals surface area contributed by atoms with Gasteiger partial charge in [0, 0.05) is 11.1 Å². The summed E-state index contributed by atoms with van der Waals surface area (Å²) in [6, 6.07) is 20.2. The molecule has 0 amide bonds. The van der Waals surface area contributed by atoms with E-state index in [0.717, 1.165) is 30.4 Å². The zero-order valence-corrected chi connectivity index (χ0v) is 16.0. The van der Waals surface area contributed by atoms with Gasteiger partial charge in [-0.1, -0.05) is 91.9 Å². The van der Waals surface area contributed by atoms with Gasteiger partial charge in [-0.25, -0.2) is 0 Å². The van der Waals surface area contributed by atoms with E-state index in [1.165, 1.54) is 0 Å². The van der Waals surface area contributed by atoms with Crippen molar-refractivity contribution >= 4 is 31.9 Å². The molecule has 0 nitrogen and oxygen atoms in total. The van der Waals surface area contributed by atoms with E-state index in [1.54, 1.807) is 0 Å². The zero-order chi connectivity index (χ0) is 16.3. The van der Waals surface area contributed by atoms with Crippen molar-refractivity contribution in [3.63, 3.8) is 0 Å². The summed E-state index contributed by atoms with van der Waals surface area (Å²) >= 11 is 7.27. The fraction of sp³-hybridized carbons (Fsp3) is 0.238. The van der Waals surface area contributed by atoms with Gasteiger partial charge in [0.15, 0.2) is 0 Å². The molecule has 2 aromatic rings. The maximum Gasteiger partial charge on any atom is 0.0758 e. The first-order valence-corrected chi connectivity index (χ1v) is 9.48. The molecule has 0 aliphatic rings. The van der Waals surface area contributed by atoms with E-state index in [-0.39, 0.29) is 9.65 Å². The fourth-order valence-corrected chi connectivity index (χ4v) is 2.86. The van der Waals surface area contributed by atoms with Crippen molar-refractivity contribution < 1.29 is 0 Å². The van der Waals surface area contributed by atoms with Gasteiger partial charge in [-0.05, 0) is 43.5 Å². The molecular weight excluding hydrogens is 412 g/mol. The topological polar surface area (TPSA) is 0 Å². The van der Waals surface area contributed by atoms with Crippen molar-refractivity contribution in [2.45, 2.75) is 28.9 Å². The zero-order valence-electron chi connectivity index (χ0n) is 12.8. The lowest BCUT2D eigenvalue weighted by molar-refractivity contribution is 0.731. The SMILES string of the molecule is BrC(C#Cc1ccccc1)CCCC(Br)C#Cc1ccccc1. The predicted octanol–water partition coefficient (Wildman–Crippen LogP) is 5.79. The van der Waals surface area contributed by atoms with Crippen LogP contribution in [0.5, 0.6) is 0 Å². The van der Waals surface area contributed by atoms with Crippen molar-refractivity contribution in [1.29, 1.82) is 0 Å². The van der Waals surface area contributed by atoms with Crippen LogP contribution in [0.4, 0.5) is 0 Å². The number of hydrogen-bond donors (Lipinski definition) is 0. The summed E-state index contributed by atoms with van der Waals surface area (Å²) in [4.78, 5) is 0.453. The lowest BCUT2D eigenvalue weighted by Gasteiger charge is -2.04. The van der Waals surface area contributed by atoms with Crippen LogP contribution in [0.3, 0.4) is 0 Å². The highest BCUT2D eigenvalue weighted by molar-refractivity contribution is 9.10. The molecular formula is C21H18Br2. The molecule has 2 heteroatoms. The van der Waals surface area contributed by atoms with Crippen LogP contribution in [0.15, 0.2) is 60.7 Å². The van der Waals surface area contributed by atoms with Gasteiger partial charge < -0.3 is 0 Å². The van der Waals surface area contributed by atoms with Gasteiger partial charge in [-0.15, -0.1) is 0 Å². The standard InChI is InChI=1S/C21H18Br2/c22-20(16-14-18-8-3-1-4-9-18)12-7-13-21(23)17-15-19-10-5-2-6-11-19/h1-6,8-11,20-21H,7,12-13H2. The average Bonchev–Trinajstić information content (AvgIpc) is 2.60. The van der Waals surface area contributed by atoms with E-state index in [1.807, 2.05) is 60.7 Å². The van der Waals surface area contributed by atoms with Crippen molar-refractivity contribution in [3.05, 3.63) is 71.8 Å². The summed E-state index contributed by atoms with van der Waals surface area (Å²) in [7, 11) is 0. The maximum absolute atomic E-state index is 3.64. The minimum Gasteiger partial charge on any atom is -0.0829 e. The molecule has 0 fully saturated rings. The summed E-state index contributed by atoms with van der Waals surface area (Å²) in [5.74, 6) is 12.9. The van der Waals surface area contributed by atoms with Gasteiger partial charge in [-0.2, -0.15) is 0 Å². The van der Waals surface area contributed by atoms with E-state index >= 15 is 0 Å². The Kier molecular flexibility index (Phi) is 8.02. The van der Waals surface area contributed by atoms with E-state index in [9.17, 15) is 0 Å². The van der Waals surface area contributed by atoms with E-state index in [0.29, 0.717) is 0 Å². The molecule has 2 aromatic carbocycles. The van der Waals surface area contributed by atoms with Crippen molar-refractivity contribution in [2.24, 2.45) is 0 Å². The minimum atomic E-state index is 0.226. The maximum atomic E-state index is 3.64. The first-order valence-electron chi connectivity index (χ1n) is 7.65. The third-order valence-electron chi connectivity index (χ3n) is 3.21. The van der Waals surface area contributed by atoms with Gasteiger partial charge >= 0.3 is 0 Å². The molecule has 0 saturated heterocycles. The van der Waals surface area contributed by atoms with Crippen LogP contribution >= 0.6 is 31.9 Å². The number of benzene rings is 2. The molecule has 0 heterocycles. The van der Waals surface area contributed by atoms with Gasteiger partial charge in [0.05, 0.1) is 9.65 Å². The number of alkyl halides is 2. The Morgan fingerprint density at radius 2 is 1.04 bits per heavy atom. The second-order valence-corrected chi connectivity index (χ2v) is 7.35. The third kappa shape index (κ3) is 7.56. The molecule has 0 bridgehead atoms. The highest BCUT2D eigenvalue weighted by Gasteiger charge is 2.03. The molecule has 2 atom stereocenters. The molecule has 0 radical (unpaired) electrons. The van der Waals surface area contributed by atoms with Crippen molar-refractivity contribution in [2.75, 3.05) is 0 Å². The highest BCUT2D eigenvalue weighted by atomic mass is 79.9. The van der Waals surface area contributed by atoms with Crippen LogP contribution < -0.4 is 0 Å². The van der Waals surface area contributed by atoms with E-state index < -0.39 is 0 Å². The van der Waals surface area contributed by atoms with Crippen LogP contribution in [0.25, 0.3) is 0 Å². The van der Waals surface area contributed by atoms with Crippen LogP contribution in [0, 0.1) is 23.7 Å². The number of hydrogen-bond acceptors (Lipinski definition) is 0. The largest absolute Gasteiger partial charge is 0.0829 e. The van der Waals surface area contributed by atoms with Crippen LogP contribution in [0.1, 0.15) is 30.4 Å². The summed E-state index contributed by atoms with van der Waals surface area (Å²) in [5, 5.41) is 0. The molecule has 0 saturated carbocycles. The lowest BCUT2D eigenvalue weighted by Crippen LogP contribution is -1.98. The number of halogens is 2. The highest BCUT2D eigenvalue weighted by Crippen LogP contribution is 2.14. The Labute approximate surface area is 156 Å². The monoisotopic (exact) mass is 428 g/mol. The summed E-state index contributed by atoms with van der Waals surface area (Å²) < 4.78 is 0. The fourth-order valence-electron chi connectivity index (χ4n) is 1.99. The van der Waals surface area contributed by atoms with Crippen LogP contribution in [-0.2, 0) is 0 Å². The number of rotatable bonds is 4. The van der Waals surface area contributed by atoms with E-state index in [4.69, 9.17) is 0 Å². The quantitative estimate of drug-likeness (QED) is 0.426. The molecule has 2 unspecified atom stereocenters. The second-order valence-electron chi connectivity index (χ2n) is 5.14. The molecule has 2 rings (SSSR count). The van der Waals surface area contributed by atoms with Gasteiger partial charge in [0.25, 0.3) is 0 Å². The van der Waals surface area contributed by atoms with Crippen molar-refractivity contribution in [1.82, 2.24) is 0 Å². The summed E-state index contributed by atoms with van der Waals surface area (Å²) in [5.41, 5.74) is 2.12. The molecule has 0 N–H and O–H groups in total. The molecule has 0 aliphatic heterocycles. The normalized spacial score (nSPS) is 12.3. The summed E-state index contributed by atoms with van der Waals surface area (Å²) in [6.45, 7) is 0. The third-order valence-corrected chi connectivity index (χ3v) is 4.58. The Hall–Kier alpha value is -1.48. The first kappa shape index (κ1) is 17.9. The lowest BCUT2D eigenvalue weighted by atomic mass is 10.1. The van der Waals surface area contributed by atoms with Crippen molar-refractivity contribution in [3.8, 4) is 23.7 Å². The van der Waals surface area contributed by atoms with Gasteiger partial charge in [-0.3, -0.25) is 0 Å². The Morgan fingerprint density at radius 1 is 0.652 bits per heavy atom. The van der Waals surface area contributed by atoms with Gasteiger partial charge in [0.1, 0.15) is 0 Å².